The Kier molecular flexibility index (Phi) is 20.2. The molecule has 0 aromatic heterocycles. The molecule has 7 atom stereocenters. The van der Waals surface area contributed by atoms with E-state index < -0.39 is 96.3 Å². The van der Waals surface area contributed by atoms with Crippen LogP contribution in [0.25, 0.3) is 0 Å². The van der Waals surface area contributed by atoms with Gasteiger partial charge in [-0.3, -0.25) is 48.3 Å². The van der Waals surface area contributed by atoms with Crippen molar-refractivity contribution in [2.45, 2.75) is 160 Å². The highest BCUT2D eigenvalue weighted by Crippen LogP contribution is 2.29. The molecule has 0 aromatic carbocycles. The Labute approximate surface area is 397 Å². The van der Waals surface area contributed by atoms with Gasteiger partial charge in [0.05, 0.1) is 0 Å². The van der Waals surface area contributed by atoms with E-state index in [0.29, 0.717) is 64.6 Å². The second-order valence-corrected chi connectivity index (χ2v) is 18.6. The molecule has 0 bridgehead atoms. The highest BCUT2D eigenvalue weighted by Gasteiger charge is 2.46. The van der Waals surface area contributed by atoms with E-state index in [9.17, 15) is 48.3 Å². The number of carbonyl (C=O) groups excluding carboxylic acids is 8. The van der Waals surface area contributed by atoms with E-state index >= 15 is 0 Å². The lowest BCUT2D eigenvalue weighted by Crippen LogP contribution is -2.60. The molecule has 0 radical (unpaired) electrons. The zero-order chi connectivity index (χ0) is 50.4. The molecule has 4 aliphatic heterocycles. The molecule has 24 heteroatoms. The first-order valence-corrected chi connectivity index (χ1v) is 23.9. The topological polar surface area (TPSA) is 355 Å². The zero-order valence-electron chi connectivity index (χ0n) is 40.2. The Hall–Kier alpha value is -6.23. The van der Waals surface area contributed by atoms with E-state index in [1.54, 1.807) is 37.5 Å². The maximum atomic E-state index is 14.4. The maximum absolute atomic E-state index is 14.4. The summed E-state index contributed by atoms with van der Waals surface area (Å²) >= 11 is 0. The molecular formula is C44H74N14O10. The molecule has 0 spiro atoms. The molecule has 0 saturated carbocycles. The van der Waals surface area contributed by atoms with Gasteiger partial charge >= 0.3 is 5.97 Å². The number of nitrogens with one attached hydrogen (secondary N) is 3. The molecule has 4 aliphatic rings. The van der Waals surface area contributed by atoms with E-state index in [-0.39, 0.29) is 81.4 Å². The number of carboxylic acids is 1. The lowest BCUT2D eigenvalue weighted by molar-refractivity contribution is -0.150. The minimum absolute atomic E-state index is 0.00474. The van der Waals surface area contributed by atoms with Gasteiger partial charge in [0.15, 0.2) is 11.9 Å². The van der Waals surface area contributed by atoms with Gasteiger partial charge in [-0.05, 0) is 96.8 Å². The van der Waals surface area contributed by atoms with E-state index in [1.165, 1.54) is 21.6 Å². The Morgan fingerprint density at radius 3 is 1.54 bits per heavy atom. The third kappa shape index (κ3) is 14.4. The molecule has 0 aliphatic carbocycles. The first kappa shape index (κ1) is 54.4. The SMILES string of the molecule is CC(=O)N1CCC[C@H]1C(=O)N1CCC[C@H]1C(=O)N1CCC[C@H]1C(=O)N[C@H](C(=O)N(CC(=O)N1CCC[C@H]1C(=O)N[C@@H](CCCN=C(N)N)C(=O)N[C@@H](CCCN=C(N)N)C(=O)O)C(C)C)C(C)C. The highest BCUT2D eigenvalue weighted by atomic mass is 16.4. The van der Waals surface area contributed by atoms with Gasteiger partial charge in [0.1, 0.15) is 48.8 Å². The van der Waals surface area contributed by atoms with Gasteiger partial charge in [-0.1, -0.05) is 13.8 Å². The third-order valence-corrected chi connectivity index (χ3v) is 13.1. The van der Waals surface area contributed by atoms with Crippen molar-refractivity contribution in [3.8, 4) is 0 Å². The summed E-state index contributed by atoms with van der Waals surface area (Å²) in [6, 6.07) is -7.45. The van der Waals surface area contributed by atoms with Gasteiger partial charge in [-0.15, -0.1) is 0 Å². The number of carboxylic acid groups (broad SMARTS) is 1. The summed E-state index contributed by atoms with van der Waals surface area (Å²) in [5.74, 6) is -5.88. The van der Waals surface area contributed by atoms with Gasteiger partial charge in [-0.2, -0.15) is 0 Å². The van der Waals surface area contributed by atoms with Crippen molar-refractivity contribution >= 4 is 65.1 Å². The first-order chi connectivity index (χ1) is 32.1. The summed E-state index contributed by atoms with van der Waals surface area (Å²) in [6.07, 6.45) is 4.35. The number of rotatable bonds is 22. The fourth-order valence-electron chi connectivity index (χ4n) is 9.48. The van der Waals surface area contributed by atoms with Crippen LogP contribution in [0.4, 0.5) is 0 Å². The molecule has 0 aromatic rings. The highest BCUT2D eigenvalue weighted by molar-refractivity contribution is 5.98. The summed E-state index contributed by atoms with van der Waals surface area (Å²) in [5.41, 5.74) is 21.6. The second kappa shape index (κ2) is 25.2. The molecule has 380 valence electrons. The fourth-order valence-corrected chi connectivity index (χ4v) is 9.48. The van der Waals surface area contributed by atoms with Crippen LogP contribution in [0.1, 0.15) is 112 Å². The minimum Gasteiger partial charge on any atom is -0.480 e. The smallest absolute Gasteiger partial charge is 0.326 e. The summed E-state index contributed by atoms with van der Waals surface area (Å²) in [7, 11) is 0. The number of nitrogens with two attached hydrogens (primary N) is 4. The molecule has 12 N–H and O–H groups in total. The van der Waals surface area contributed by atoms with Crippen molar-refractivity contribution < 1.29 is 48.3 Å². The van der Waals surface area contributed by atoms with Gasteiger partial charge in [0.2, 0.25) is 47.3 Å². The van der Waals surface area contributed by atoms with E-state index in [0.717, 1.165) is 0 Å². The Balaban J connectivity index is 1.43. The first-order valence-electron chi connectivity index (χ1n) is 23.9. The summed E-state index contributed by atoms with van der Waals surface area (Å²) in [6.45, 7) is 9.56. The maximum Gasteiger partial charge on any atom is 0.326 e. The van der Waals surface area contributed by atoms with Crippen LogP contribution in [0, 0.1) is 5.92 Å². The molecule has 24 nitrogen and oxygen atoms in total. The number of amides is 8. The number of guanidine groups is 2. The van der Waals surface area contributed by atoms with Crippen molar-refractivity contribution in [3.05, 3.63) is 0 Å². The number of aliphatic carboxylic acids is 1. The lowest BCUT2D eigenvalue weighted by atomic mass is 10.0. The summed E-state index contributed by atoms with van der Waals surface area (Å²) in [4.78, 5) is 137. The van der Waals surface area contributed by atoms with Crippen LogP contribution in [-0.4, -0.2) is 189 Å². The Bertz CT molecular complexity index is 1920. The Morgan fingerprint density at radius 2 is 1.06 bits per heavy atom. The van der Waals surface area contributed by atoms with Gasteiger partial charge in [0.25, 0.3) is 0 Å². The van der Waals surface area contributed by atoms with Crippen LogP contribution in [0.2, 0.25) is 0 Å². The van der Waals surface area contributed by atoms with Crippen LogP contribution in [0.5, 0.6) is 0 Å². The van der Waals surface area contributed by atoms with Crippen LogP contribution in [-0.2, 0) is 43.2 Å². The van der Waals surface area contributed by atoms with E-state index in [4.69, 9.17) is 22.9 Å². The van der Waals surface area contributed by atoms with Crippen LogP contribution < -0.4 is 38.9 Å². The molecule has 0 unspecified atom stereocenters. The van der Waals surface area contributed by atoms with Gasteiger partial charge in [0, 0.05) is 52.2 Å². The molecule has 4 heterocycles. The molecule has 8 amide bonds. The van der Waals surface area contributed by atoms with Gasteiger partial charge in [-0.25, -0.2) is 4.79 Å². The number of likely N-dealkylation sites (tertiary alicyclic amines) is 4. The number of aliphatic imine (C=N–C) groups is 2. The second-order valence-electron chi connectivity index (χ2n) is 18.6. The normalized spacial score (nSPS) is 21.5. The third-order valence-electron chi connectivity index (χ3n) is 13.1. The summed E-state index contributed by atoms with van der Waals surface area (Å²) < 4.78 is 0. The minimum atomic E-state index is -1.32. The summed E-state index contributed by atoms with van der Waals surface area (Å²) in [5, 5.41) is 17.9. The number of hydrogen-bond acceptors (Lipinski definition) is 11. The van der Waals surface area contributed by atoms with Crippen molar-refractivity contribution in [1.29, 1.82) is 0 Å². The van der Waals surface area contributed by atoms with Crippen LogP contribution >= 0.6 is 0 Å². The van der Waals surface area contributed by atoms with Crippen molar-refractivity contribution in [3.63, 3.8) is 0 Å². The number of carbonyl (C=O) groups is 9. The zero-order valence-corrected chi connectivity index (χ0v) is 40.2. The molecule has 68 heavy (non-hydrogen) atoms. The van der Waals surface area contributed by atoms with E-state index in [2.05, 4.69) is 25.9 Å². The van der Waals surface area contributed by atoms with E-state index in [1.807, 2.05) is 0 Å². The average Bonchev–Trinajstić information content (AvgIpc) is 4.12. The molecule has 4 fully saturated rings. The van der Waals surface area contributed by atoms with Crippen molar-refractivity contribution in [2.24, 2.45) is 38.8 Å². The number of nitrogens with zero attached hydrogens (tertiary/aromatic N) is 7. The fraction of sp³-hybridized carbons (Fsp3) is 0.750. The largest absolute Gasteiger partial charge is 0.480 e. The Morgan fingerprint density at radius 1 is 0.618 bits per heavy atom. The van der Waals surface area contributed by atoms with Crippen molar-refractivity contribution in [1.82, 2.24) is 40.4 Å². The average molecular weight is 959 g/mol. The number of hydrogen-bond donors (Lipinski definition) is 8. The predicted molar refractivity (Wildman–Crippen MR) is 250 cm³/mol. The molecule has 4 saturated heterocycles. The lowest BCUT2D eigenvalue weighted by Gasteiger charge is -2.36. The monoisotopic (exact) mass is 959 g/mol. The van der Waals surface area contributed by atoms with Crippen LogP contribution in [0.3, 0.4) is 0 Å². The van der Waals surface area contributed by atoms with Crippen LogP contribution in [0.15, 0.2) is 9.98 Å². The van der Waals surface area contributed by atoms with Gasteiger partial charge < -0.3 is 68.5 Å². The standard InChI is InChI=1S/C44H74N14O10/c1-25(2)35(53-38(63)31-15-9-22-56(31)40(65)33-17-11-23-57(33)39(64)32-16-10-20-54(32)27(5)59)41(66)58(26(3)4)24-34(60)55-21-8-14-30(55)37(62)51-28(12-6-18-49-43(45)46)36(61)52-29(42(67)68)13-7-19-50-44(47)48/h25-26,28-33,35H,6-24H2,1-5H3,(H,51,62)(H,52,61)(H,53,63)(H,67,68)(H4,45,46,49)(H4,47,48,50)/t28-,29-,30-,31-,32-,33-,35-/m0/s1. The molecular weight excluding hydrogens is 885 g/mol. The van der Waals surface area contributed by atoms with Crippen molar-refractivity contribution in [2.75, 3.05) is 45.8 Å². The molecule has 4 rings (SSSR count). The quantitative estimate of drug-likeness (QED) is 0.0316. The predicted octanol–water partition coefficient (Wildman–Crippen LogP) is -2.49.